The van der Waals surface area contributed by atoms with E-state index in [1.807, 2.05) is 21.1 Å². The summed E-state index contributed by atoms with van der Waals surface area (Å²) in [6.45, 7) is 5.64. The van der Waals surface area contributed by atoms with Gasteiger partial charge in [0.15, 0.2) is 0 Å². The van der Waals surface area contributed by atoms with Gasteiger partial charge in [-0.05, 0) is 13.3 Å². The van der Waals surface area contributed by atoms with E-state index < -0.39 is 13.9 Å². The Hall–Kier alpha value is -0.340. The lowest BCUT2D eigenvalue weighted by atomic mass is 10.0. The van der Waals surface area contributed by atoms with Crippen molar-refractivity contribution in [1.29, 1.82) is 0 Å². The smallest absolute Gasteiger partial charge is 0.379 e. The van der Waals surface area contributed by atoms with E-state index in [9.17, 15) is 14.3 Å². The number of nitrogens with zero attached hydrogens (tertiary/aromatic N) is 1. The fourth-order valence-electron chi connectivity index (χ4n) is 4.51. The van der Waals surface area contributed by atoms with Crippen LogP contribution in [0.4, 0.5) is 0 Å². The molecule has 2 unspecified atom stereocenters. The Balaban J connectivity index is 3.79. The third-order valence-corrected chi connectivity index (χ3v) is 8.06. The second-order valence-electron chi connectivity index (χ2n) is 12.5. The number of likely N-dealkylation sites (N-methyl/N-ethyl adjacent to an activating group) is 1. The van der Waals surface area contributed by atoms with Crippen LogP contribution in [0.2, 0.25) is 0 Å². The number of phosphoric acid groups is 1. The molecule has 8 nitrogen and oxygen atoms in total. The molecule has 0 aromatic carbocycles. The summed E-state index contributed by atoms with van der Waals surface area (Å²) in [5.41, 5.74) is 0. The first-order valence-electron chi connectivity index (χ1n) is 16.3. The van der Waals surface area contributed by atoms with Gasteiger partial charge in [-0.25, -0.2) is 4.57 Å². The summed E-state index contributed by atoms with van der Waals surface area (Å²) >= 11 is 0. The number of unbranched alkanes of at least 4 members (excludes halogenated alkanes) is 17. The zero-order valence-corrected chi connectivity index (χ0v) is 27.8. The maximum Gasteiger partial charge on any atom is 0.472 e. The lowest BCUT2D eigenvalue weighted by Gasteiger charge is -2.25. The van der Waals surface area contributed by atoms with Crippen molar-refractivity contribution in [2.24, 2.45) is 0 Å². The predicted octanol–water partition coefficient (Wildman–Crippen LogP) is 7.43. The van der Waals surface area contributed by atoms with Gasteiger partial charge in [-0.15, -0.1) is 0 Å². The highest BCUT2D eigenvalue weighted by Crippen LogP contribution is 2.44. The van der Waals surface area contributed by atoms with Crippen molar-refractivity contribution in [1.82, 2.24) is 5.32 Å². The van der Waals surface area contributed by atoms with E-state index >= 15 is 0 Å². The molecule has 0 aliphatic heterocycles. The largest absolute Gasteiger partial charge is 0.472 e. The van der Waals surface area contributed by atoms with Crippen LogP contribution in [0, 0.1) is 0 Å². The second kappa shape index (κ2) is 26.3. The summed E-state index contributed by atoms with van der Waals surface area (Å²) in [6, 6.07) is 0. The van der Waals surface area contributed by atoms with Gasteiger partial charge in [0.05, 0.1) is 34.3 Å². The Morgan fingerprint density at radius 1 is 0.775 bits per heavy atom. The monoisotopic (exact) mass is 593 g/mol. The number of Topliss-reactive ketones (excluding diaryl/α,β-unsaturated/α-hetero) is 1. The van der Waals surface area contributed by atoms with Crippen LogP contribution in [-0.2, 0) is 23.1 Å². The highest BCUT2D eigenvalue weighted by molar-refractivity contribution is 7.47. The number of carbonyl (C=O) groups is 1. The van der Waals surface area contributed by atoms with Crippen molar-refractivity contribution in [3.8, 4) is 0 Å². The summed E-state index contributed by atoms with van der Waals surface area (Å²) in [7, 11) is 1.73. The number of phosphoric ester groups is 1. The van der Waals surface area contributed by atoms with E-state index in [1.165, 1.54) is 110 Å². The van der Waals surface area contributed by atoms with Gasteiger partial charge in [0.2, 0.25) is 0 Å². The quantitative estimate of drug-likeness (QED) is 0.0490. The Morgan fingerprint density at radius 2 is 1.23 bits per heavy atom. The first-order valence-corrected chi connectivity index (χ1v) is 17.8. The Bertz CT molecular complexity index is 629. The lowest BCUT2D eigenvalue weighted by molar-refractivity contribution is -0.870. The molecule has 0 aromatic rings. The molecular formula is C31H66N2O6P+. The van der Waals surface area contributed by atoms with Crippen molar-refractivity contribution >= 4 is 13.6 Å². The molecule has 9 heteroatoms. The number of rotatable bonds is 31. The van der Waals surface area contributed by atoms with Crippen LogP contribution >= 0.6 is 7.82 Å². The SMILES string of the molecule is CCCCCCCCCCCCCCCCCCCCOCC(CNCC(C)=O)OP(=O)(O)OCC[N+](C)(C)C. The summed E-state index contributed by atoms with van der Waals surface area (Å²) in [6.07, 6.45) is 23.4. The number of hydrogen-bond acceptors (Lipinski definition) is 6. The van der Waals surface area contributed by atoms with Crippen LogP contribution in [0.1, 0.15) is 129 Å². The standard InChI is InChI=1S/C31H65N2O6P/c1-6-7-8-9-10-11-12-13-14-15-16-17-18-19-20-21-22-23-25-37-29-31(28-32-27-30(2)34)39-40(35,36)38-26-24-33(3,4)5/h31-32H,6-29H2,1-5H3/p+1. The lowest BCUT2D eigenvalue weighted by Crippen LogP contribution is -2.38. The number of nitrogens with one attached hydrogen (secondary N) is 1. The number of ketones is 1. The number of hydrogen-bond donors (Lipinski definition) is 2. The molecule has 0 saturated heterocycles. The summed E-state index contributed by atoms with van der Waals surface area (Å²) in [5, 5.41) is 2.95. The molecule has 0 rings (SSSR count). The molecule has 40 heavy (non-hydrogen) atoms. The van der Waals surface area contributed by atoms with E-state index in [0.717, 1.165) is 12.8 Å². The topological polar surface area (TPSA) is 94.1 Å². The van der Waals surface area contributed by atoms with Gasteiger partial charge in [-0.3, -0.25) is 13.8 Å². The molecule has 2 N–H and O–H groups in total. The maximum absolute atomic E-state index is 12.4. The van der Waals surface area contributed by atoms with E-state index in [4.69, 9.17) is 13.8 Å². The van der Waals surface area contributed by atoms with E-state index in [0.29, 0.717) is 17.6 Å². The van der Waals surface area contributed by atoms with Crippen LogP contribution in [0.25, 0.3) is 0 Å². The first-order chi connectivity index (χ1) is 19.1. The van der Waals surface area contributed by atoms with Gasteiger partial charge in [0.25, 0.3) is 0 Å². The van der Waals surface area contributed by atoms with Crippen LogP contribution in [-0.4, -0.2) is 81.9 Å². The van der Waals surface area contributed by atoms with Gasteiger partial charge >= 0.3 is 7.82 Å². The van der Waals surface area contributed by atoms with Crippen molar-refractivity contribution in [2.45, 2.75) is 136 Å². The van der Waals surface area contributed by atoms with Crippen molar-refractivity contribution in [3.05, 3.63) is 0 Å². The predicted molar refractivity (Wildman–Crippen MR) is 167 cm³/mol. The number of carbonyl (C=O) groups excluding carboxylic acids is 1. The van der Waals surface area contributed by atoms with E-state index in [-0.39, 0.29) is 32.1 Å². The Morgan fingerprint density at radius 3 is 1.65 bits per heavy atom. The van der Waals surface area contributed by atoms with Gasteiger partial charge in [-0.2, -0.15) is 0 Å². The fourth-order valence-corrected chi connectivity index (χ4v) is 5.39. The molecule has 0 radical (unpaired) electrons. The molecule has 0 aliphatic carbocycles. The molecule has 240 valence electrons. The summed E-state index contributed by atoms with van der Waals surface area (Å²) in [4.78, 5) is 21.3. The molecule has 0 fully saturated rings. The number of quaternary nitrogens is 1. The van der Waals surface area contributed by atoms with E-state index in [2.05, 4.69) is 12.2 Å². The Labute approximate surface area is 247 Å². The molecule has 0 saturated carbocycles. The third-order valence-electron chi connectivity index (χ3n) is 6.99. The van der Waals surface area contributed by atoms with Gasteiger partial charge in [0.1, 0.15) is 25.0 Å². The molecule has 0 bridgehead atoms. The van der Waals surface area contributed by atoms with E-state index in [1.54, 1.807) is 0 Å². The minimum atomic E-state index is -4.21. The second-order valence-corrected chi connectivity index (χ2v) is 13.9. The van der Waals surface area contributed by atoms with Crippen LogP contribution < -0.4 is 5.32 Å². The van der Waals surface area contributed by atoms with Gasteiger partial charge in [-0.1, -0.05) is 116 Å². The molecule has 0 amide bonds. The normalized spacial score (nSPS) is 14.3. The van der Waals surface area contributed by atoms with Crippen molar-refractivity contribution in [3.63, 3.8) is 0 Å². The molecule has 0 spiro atoms. The third kappa shape index (κ3) is 30.6. The maximum atomic E-state index is 12.4. The fraction of sp³-hybridized carbons (Fsp3) is 0.968. The minimum absolute atomic E-state index is 0.00940. The van der Waals surface area contributed by atoms with Crippen molar-refractivity contribution < 1.29 is 32.5 Å². The van der Waals surface area contributed by atoms with Crippen LogP contribution in [0.15, 0.2) is 0 Å². The average molecular weight is 594 g/mol. The zero-order valence-electron chi connectivity index (χ0n) is 26.9. The highest BCUT2D eigenvalue weighted by atomic mass is 31.2. The first kappa shape index (κ1) is 39.7. The van der Waals surface area contributed by atoms with Crippen molar-refractivity contribution in [2.75, 3.05) is 60.6 Å². The zero-order chi connectivity index (χ0) is 30.0. The highest BCUT2D eigenvalue weighted by Gasteiger charge is 2.27. The molecule has 2 atom stereocenters. The molecule has 0 heterocycles. The van der Waals surface area contributed by atoms with Crippen LogP contribution in [0.3, 0.4) is 0 Å². The summed E-state index contributed by atoms with van der Waals surface area (Å²) in [5.74, 6) is -0.00940. The average Bonchev–Trinajstić information content (AvgIpc) is 2.86. The molecule has 0 aromatic heterocycles. The molecule has 0 aliphatic rings. The molecular weight excluding hydrogens is 527 g/mol. The Kier molecular flexibility index (Phi) is 26.1. The number of ether oxygens (including phenoxy) is 1. The minimum Gasteiger partial charge on any atom is -0.379 e. The van der Waals surface area contributed by atoms with Crippen LogP contribution in [0.5, 0.6) is 0 Å². The van der Waals surface area contributed by atoms with Gasteiger partial charge in [0, 0.05) is 13.2 Å². The summed E-state index contributed by atoms with van der Waals surface area (Å²) < 4.78 is 29.2. The van der Waals surface area contributed by atoms with Gasteiger partial charge < -0.3 is 19.4 Å².